The van der Waals surface area contributed by atoms with Crippen LogP contribution in [0.2, 0.25) is 0 Å². The molecule has 1 nitrogen and oxygen atoms in total. The van der Waals surface area contributed by atoms with E-state index in [2.05, 4.69) is 43.2 Å². The molecule has 0 aromatic carbocycles. The third kappa shape index (κ3) is 1.20. The van der Waals surface area contributed by atoms with Gasteiger partial charge in [-0.15, -0.1) is 0 Å². The highest BCUT2D eigenvalue weighted by Crippen LogP contribution is 2.28. The molecule has 0 radical (unpaired) electrons. The van der Waals surface area contributed by atoms with Gasteiger partial charge in [-0.05, 0) is 24.0 Å². The summed E-state index contributed by atoms with van der Waals surface area (Å²) in [5.74, 6) is 0.597. The third-order valence-corrected chi connectivity index (χ3v) is 2.59. The largest absolute Gasteiger partial charge is 0.374 e. The maximum atomic E-state index is 2.37. The van der Waals surface area contributed by atoms with Crippen molar-refractivity contribution in [2.45, 2.75) is 13.3 Å². The molecule has 1 fully saturated rings. The third-order valence-electron chi connectivity index (χ3n) is 2.59. The van der Waals surface area contributed by atoms with Crippen LogP contribution in [-0.4, -0.2) is 18.5 Å². The van der Waals surface area contributed by atoms with Crippen LogP contribution >= 0.6 is 0 Å². The molecule has 1 aliphatic carbocycles. The van der Waals surface area contributed by atoms with Gasteiger partial charge < -0.3 is 4.90 Å². The van der Waals surface area contributed by atoms with Crippen molar-refractivity contribution in [3.05, 3.63) is 35.6 Å². The van der Waals surface area contributed by atoms with Crippen LogP contribution in [0.15, 0.2) is 35.6 Å². The number of likely N-dealkylation sites (tertiary alicyclic amines) is 1. The van der Waals surface area contributed by atoms with Gasteiger partial charge in [-0.25, -0.2) is 0 Å². The van der Waals surface area contributed by atoms with Crippen LogP contribution in [0.3, 0.4) is 0 Å². The fourth-order valence-corrected chi connectivity index (χ4v) is 1.88. The van der Waals surface area contributed by atoms with E-state index in [0.717, 1.165) is 0 Å². The maximum absolute atomic E-state index is 2.37. The molecule has 0 spiro atoms. The molecule has 1 heteroatoms. The first-order chi connectivity index (χ1) is 5.77. The predicted octanol–water partition coefficient (Wildman–Crippen LogP) is 2.34. The van der Waals surface area contributed by atoms with Gasteiger partial charge in [0.2, 0.25) is 0 Å². The minimum Gasteiger partial charge on any atom is -0.374 e. The minimum atomic E-state index is 0.597. The maximum Gasteiger partial charge on any atom is 0.0393 e. The molecular weight excluding hydrogens is 146 g/mol. The lowest BCUT2D eigenvalue weighted by atomic mass is 10.1. The highest BCUT2D eigenvalue weighted by molar-refractivity contribution is 5.39. The molecule has 1 heterocycles. The van der Waals surface area contributed by atoms with Gasteiger partial charge in [0.25, 0.3) is 0 Å². The van der Waals surface area contributed by atoms with Crippen molar-refractivity contribution in [1.82, 2.24) is 4.90 Å². The number of hydrogen-bond donors (Lipinski definition) is 0. The molecule has 0 amide bonds. The van der Waals surface area contributed by atoms with Gasteiger partial charge >= 0.3 is 0 Å². The molecule has 1 unspecified atom stereocenters. The summed E-state index contributed by atoms with van der Waals surface area (Å²) in [6.07, 6.45) is 10.2. The van der Waals surface area contributed by atoms with Gasteiger partial charge in [0.15, 0.2) is 0 Å². The average molecular weight is 161 g/mol. The summed E-state index contributed by atoms with van der Waals surface area (Å²) < 4.78 is 0. The monoisotopic (exact) mass is 161 g/mol. The topological polar surface area (TPSA) is 3.24 Å². The molecule has 12 heavy (non-hydrogen) atoms. The SMILES string of the molecule is CC1C=CC=C2C(=C1)CCN2C. The Bertz CT molecular complexity index is 271. The van der Waals surface area contributed by atoms with Crippen molar-refractivity contribution in [1.29, 1.82) is 0 Å². The van der Waals surface area contributed by atoms with Crippen LogP contribution in [0.5, 0.6) is 0 Å². The Balaban J connectivity index is 2.36. The van der Waals surface area contributed by atoms with Crippen molar-refractivity contribution in [2.75, 3.05) is 13.6 Å². The Kier molecular flexibility index (Phi) is 1.80. The van der Waals surface area contributed by atoms with E-state index in [4.69, 9.17) is 0 Å². The first-order valence-electron chi connectivity index (χ1n) is 4.58. The molecule has 0 aromatic heterocycles. The lowest BCUT2D eigenvalue weighted by Gasteiger charge is -2.11. The van der Waals surface area contributed by atoms with Crippen LogP contribution in [0, 0.1) is 5.92 Å². The van der Waals surface area contributed by atoms with Gasteiger partial charge in [-0.1, -0.05) is 25.2 Å². The second-order valence-corrected chi connectivity index (χ2v) is 3.66. The van der Waals surface area contributed by atoms with Crippen LogP contribution in [0.25, 0.3) is 0 Å². The van der Waals surface area contributed by atoms with Crippen molar-refractivity contribution < 1.29 is 0 Å². The molecule has 0 saturated carbocycles. The van der Waals surface area contributed by atoms with Crippen molar-refractivity contribution in [3.8, 4) is 0 Å². The molecule has 2 rings (SSSR count). The zero-order chi connectivity index (χ0) is 8.55. The standard InChI is InChI=1S/C11H15N/c1-9-4-3-5-11-10(8-9)6-7-12(11)2/h3-5,8-9H,6-7H2,1-2H3. The molecular formula is C11H15N. The van der Waals surface area contributed by atoms with Gasteiger partial charge in [0, 0.05) is 19.3 Å². The normalized spacial score (nSPS) is 27.8. The fraction of sp³-hybridized carbons (Fsp3) is 0.455. The molecule has 2 aliphatic rings. The van der Waals surface area contributed by atoms with E-state index in [-0.39, 0.29) is 0 Å². The van der Waals surface area contributed by atoms with E-state index in [9.17, 15) is 0 Å². The smallest absolute Gasteiger partial charge is 0.0393 e. The average Bonchev–Trinajstić information content (AvgIpc) is 2.31. The predicted molar refractivity (Wildman–Crippen MR) is 51.7 cm³/mol. The van der Waals surface area contributed by atoms with Gasteiger partial charge in [-0.2, -0.15) is 0 Å². The van der Waals surface area contributed by atoms with E-state index in [0.29, 0.717) is 5.92 Å². The fourth-order valence-electron chi connectivity index (χ4n) is 1.88. The Hall–Kier alpha value is -0.980. The zero-order valence-corrected chi connectivity index (χ0v) is 7.75. The van der Waals surface area contributed by atoms with Gasteiger partial charge in [0.05, 0.1) is 0 Å². The Morgan fingerprint density at radius 1 is 1.50 bits per heavy atom. The summed E-state index contributed by atoms with van der Waals surface area (Å²) in [7, 11) is 2.16. The van der Waals surface area contributed by atoms with E-state index >= 15 is 0 Å². The lowest BCUT2D eigenvalue weighted by molar-refractivity contribution is 0.482. The Morgan fingerprint density at radius 2 is 2.33 bits per heavy atom. The molecule has 1 aliphatic heterocycles. The first kappa shape index (κ1) is 7.66. The van der Waals surface area contributed by atoms with Crippen LogP contribution in [0.4, 0.5) is 0 Å². The highest BCUT2D eigenvalue weighted by atomic mass is 15.1. The summed E-state index contributed by atoms with van der Waals surface area (Å²) in [6.45, 7) is 3.41. The quantitative estimate of drug-likeness (QED) is 0.527. The first-order valence-corrected chi connectivity index (χ1v) is 4.58. The second-order valence-electron chi connectivity index (χ2n) is 3.66. The van der Waals surface area contributed by atoms with Crippen molar-refractivity contribution in [3.63, 3.8) is 0 Å². The van der Waals surface area contributed by atoms with Crippen LogP contribution in [-0.2, 0) is 0 Å². The van der Waals surface area contributed by atoms with E-state index in [1.54, 1.807) is 0 Å². The lowest BCUT2D eigenvalue weighted by Crippen LogP contribution is -2.09. The molecule has 1 atom stereocenters. The summed E-state index contributed by atoms with van der Waals surface area (Å²) in [4.78, 5) is 2.33. The summed E-state index contributed by atoms with van der Waals surface area (Å²) in [6, 6.07) is 0. The van der Waals surface area contributed by atoms with Crippen molar-refractivity contribution >= 4 is 0 Å². The second kappa shape index (κ2) is 2.81. The van der Waals surface area contributed by atoms with E-state index in [1.165, 1.54) is 24.2 Å². The van der Waals surface area contributed by atoms with Gasteiger partial charge in [0.1, 0.15) is 0 Å². The molecule has 64 valence electrons. The number of likely N-dealkylation sites (N-methyl/N-ethyl adjacent to an activating group) is 1. The summed E-state index contributed by atoms with van der Waals surface area (Å²) in [5, 5.41) is 0. The summed E-state index contributed by atoms with van der Waals surface area (Å²) in [5.41, 5.74) is 2.94. The van der Waals surface area contributed by atoms with Gasteiger partial charge in [-0.3, -0.25) is 0 Å². The van der Waals surface area contributed by atoms with Crippen LogP contribution < -0.4 is 0 Å². The molecule has 0 N–H and O–H groups in total. The van der Waals surface area contributed by atoms with Crippen molar-refractivity contribution in [2.24, 2.45) is 5.92 Å². The minimum absolute atomic E-state index is 0.597. The number of nitrogens with zero attached hydrogens (tertiary/aromatic N) is 1. The Labute approximate surface area is 74.1 Å². The van der Waals surface area contributed by atoms with E-state index < -0.39 is 0 Å². The summed E-state index contributed by atoms with van der Waals surface area (Å²) >= 11 is 0. The van der Waals surface area contributed by atoms with Crippen LogP contribution in [0.1, 0.15) is 13.3 Å². The Morgan fingerprint density at radius 3 is 3.17 bits per heavy atom. The highest BCUT2D eigenvalue weighted by Gasteiger charge is 2.19. The zero-order valence-electron chi connectivity index (χ0n) is 7.75. The molecule has 0 bridgehead atoms. The number of allylic oxidation sites excluding steroid dienone is 5. The number of hydrogen-bond acceptors (Lipinski definition) is 1. The number of fused-ring (bicyclic) bond motifs is 1. The van der Waals surface area contributed by atoms with E-state index in [1.807, 2.05) is 0 Å². The molecule has 0 aromatic rings. The molecule has 1 saturated heterocycles. The number of rotatable bonds is 0.